The molecule has 140 valence electrons. The summed E-state index contributed by atoms with van der Waals surface area (Å²) in [6.07, 6.45) is 0. The molecule has 0 unspecified atom stereocenters. The summed E-state index contributed by atoms with van der Waals surface area (Å²) in [7, 11) is 2.26. The standard InChI is InChI=1S/C20H28N4OS/c1-15-6-4-7-17(14-15)22-20(25)21-16(2)19(18-8-5-13-26-18)24-11-9-23(3)10-12-24/h4-8,13-14,16,19H,9-12H2,1-3H3,(H2,21,22,25)/p+2/t16-,19-/m0/s1. The molecular formula is C20H30N4OS+2. The average molecular weight is 375 g/mol. The van der Waals surface area contributed by atoms with Gasteiger partial charge in [-0.3, -0.25) is 0 Å². The topological polar surface area (TPSA) is 50.0 Å². The highest BCUT2D eigenvalue weighted by Crippen LogP contribution is 2.20. The number of hydrogen-bond acceptors (Lipinski definition) is 2. The van der Waals surface area contributed by atoms with Gasteiger partial charge in [-0.05, 0) is 43.0 Å². The third-order valence-electron chi connectivity index (χ3n) is 5.17. The lowest BCUT2D eigenvalue weighted by atomic mass is 10.1. The van der Waals surface area contributed by atoms with Gasteiger partial charge >= 0.3 is 6.03 Å². The molecule has 1 fully saturated rings. The van der Waals surface area contributed by atoms with Gasteiger partial charge in [0.05, 0.1) is 18.0 Å². The molecule has 2 amide bonds. The van der Waals surface area contributed by atoms with Crippen molar-refractivity contribution in [2.24, 2.45) is 0 Å². The van der Waals surface area contributed by atoms with Crippen LogP contribution in [0.3, 0.4) is 0 Å². The van der Waals surface area contributed by atoms with Crippen LogP contribution >= 0.6 is 11.3 Å². The highest BCUT2D eigenvalue weighted by atomic mass is 32.1. The highest BCUT2D eigenvalue weighted by Gasteiger charge is 2.34. The van der Waals surface area contributed by atoms with Crippen molar-refractivity contribution in [1.29, 1.82) is 0 Å². The van der Waals surface area contributed by atoms with Crippen LogP contribution in [0.1, 0.15) is 23.4 Å². The van der Waals surface area contributed by atoms with Crippen LogP contribution in [-0.2, 0) is 0 Å². The average Bonchev–Trinajstić information content (AvgIpc) is 3.11. The zero-order chi connectivity index (χ0) is 18.5. The van der Waals surface area contributed by atoms with E-state index in [0.29, 0.717) is 6.04 Å². The Morgan fingerprint density at radius 3 is 2.58 bits per heavy atom. The Morgan fingerprint density at radius 2 is 1.92 bits per heavy atom. The molecule has 0 aliphatic carbocycles. The summed E-state index contributed by atoms with van der Waals surface area (Å²) in [4.78, 5) is 17.0. The molecule has 1 aromatic carbocycles. The minimum absolute atomic E-state index is 0.0619. The van der Waals surface area contributed by atoms with Gasteiger partial charge in [-0.2, -0.15) is 0 Å². The maximum Gasteiger partial charge on any atom is 0.319 e. The Hall–Kier alpha value is -1.89. The summed E-state index contributed by atoms with van der Waals surface area (Å²) in [6, 6.07) is 12.4. The molecule has 1 aromatic heterocycles. The number of piperazine rings is 1. The number of urea groups is 1. The number of hydrogen-bond donors (Lipinski definition) is 4. The van der Waals surface area contributed by atoms with Crippen molar-refractivity contribution >= 4 is 23.1 Å². The Morgan fingerprint density at radius 1 is 1.15 bits per heavy atom. The first-order valence-corrected chi connectivity index (χ1v) is 10.2. The molecule has 0 radical (unpaired) electrons. The summed E-state index contributed by atoms with van der Waals surface area (Å²) in [6.45, 7) is 8.79. The fourth-order valence-corrected chi connectivity index (χ4v) is 4.75. The molecule has 5 nitrogen and oxygen atoms in total. The van der Waals surface area contributed by atoms with Crippen molar-refractivity contribution in [2.45, 2.75) is 25.9 Å². The molecule has 1 aliphatic rings. The van der Waals surface area contributed by atoms with Gasteiger partial charge in [-0.15, -0.1) is 11.3 Å². The van der Waals surface area contributed by atoms with Gasteiger partial charge in [0, 0.05) is 5.69 Å². The van der Waals surface area contributed by atoms with Gasteiger partial charge in [0.25, 0.3) is 0 Å². The minimum Gasteiger partial charge on any atom is -0.329 e. The van der Waals surface area contributed by atoms with Crippen LogP contribution in [0, 0.1) is 6.92 Å². The van der Waals surface area contributed by atoms with E-state index in [1.165, 1.54) is 18.0 Å². The maximum atomic E-state index is 12.5. The van der Waals surface area contributed by atoms with Crippen LogP contribution in [0.4, 0.5) is 10.5 Å². The summed E-state index contributed by atoms with van der Waals surface area (Å²) in [5.41, 5.74) is 1.97. The van der Waals surface area contributed by atoms with E-state index >= 15 is 0 Å². The second-order valence-electron chi connectivity index (χ2n) is 7.37. The fraction of sp³-hybridized carbons (Fsp3) is 0.450. The van der Waals surface area contributed by atoms with Crippen LogP contribution in [0.5, 0.6) is 0 Å². The Kier molecular flexibility index (Phi) is 6.29. The van der Waals surface area contributed by atoms with Crippen LogP contribution in [0.15, 0.2) is 41.8 Å². The SMILES string of the molecule is Cc1cccc(NC(=O)N[C@@H](C)[C@@H](c2cccs2)[NH+]2CC[NH+](C)CC2)c1. The summed E-state index contributed by atoms with van der Waals surface area (Å²) in [5.74, 6) is 0. The summed E-state index contributed by atoms with van der Waals surface area (Å²) >= 11 is 1.79. The lowest BCUT2D eigenvalue weighted by Gasteiger charge is -2.35. The molecule has 6 heteroatoms. The second-order valence-corrected chi connectivity index (χ2v) is 8.34. The number of carbonyl (C=O) groups is 1. The smallest absolute Gasteiger partial charge is 0.319 e. The number of likely N-dealkylation sites (N-methyl/N-ethyl adjacent to an activating group) is 1. The molecule has 2 heterocycles. The van der Waals surface area contributed by atoms with E-state index in [2.05, 4.69) is 42.1 Å². The molecule has 1 aliphatic heterocycles. The molecular weight excluding hydrogens is 344 g/mol. The van der Waals surface area contributed by atoms with Crippen LogP contribution in [-0.4, -0.2) is 45.3 Å². The lowest BCUT2D eigenvalue weighted by molar-refractivity contribution is -1.02. The number of rotatable bonds is 5. The zero-order valence-corrected chi connectivity index (χ0v) is 16.7. The summed E-state index contributed by atoms with van der Waals surface area (Å²) in [5, 5.41) is 8.27. The van der Waals surface area contributed by atoms with Gasteiger partial charge in [0.1, 0.15) is 32.2 Å². The quantitative estimate of drug-likeness (QED) is 0.613. The zero-order valence-electron chi connectivity index (χ0n) is 15.8. The molecule has 0 bridgehead atoms. The Labute approximate surface area is 160 Å². The molecule has 0 spiro atoms. The minimum atomic E-state index is -0.135. The Bertz CT molecular complexity index is 710. The van der Waals surface area contributed by atoms with E-state index in [4.69, 9.17) is 0 Å². The van der Waals surface area contributed by atoms with Gasteiger partial charge in [0.15, 0.2) is 0 Å². The fourth-order valence-electron chi connectivity index (χ4n) is 3.76. The van der Waals surface area contributed by atoms with Gasteiger partial charge in [-0.1, -0.05) is 18.2 Å². The number of aryl methyl sites for hydroxylation is 1. The number of amides is 2. The van der Waals surface area contributed by atoms with Crippen molar-refractivity contribution in [3.63, 3.8) is 0 Å². The van der Waals surface area contributed by atoms with Gasteiger partial charge in [-0.25, -0.2) is 4.79 Å². The maximum absolute atomic E-state index is 12.5. The molecule has 1 saturated heterocycles. The molecule has 0 saturated carbocycles. The predicted molar refractivity (Wildman–Crippen MR) is 107 cm³/mol. The first kappa shape index (κ1) is 18.9. The molecule has 4 N–H and O–H groups in total. The number of quaternary nitrogens is 2. The predicted octanol–water partition coefficient (Wildman–Crippen LogP) is 0.721. The van der Waals surface area contributed by atoms with E-state index in [9.17, 15) is 4.79 Å². The van der Waals surface area contributed by atoms with Crippen molar-refractivity contribution in [1.82, 2.24) is 5.32 Å². The number of nitrogens with one attached hydrogen (secondary N) is 4. The normalized spacial score (nSPS) is 22.4. The van der Waals surface area contributed by atoms with Gasteiger partial charge in [0.2, 0.25) is 0 Å². The van der Waals surface area contributed by atoms with E-state index in [-0.39, 0.29) is 12.1 Å². The largest absolute Gasteiger partial charge is 0.329 e. The number of anilines is 1. The second kappa shape index (κ2) is 8.66. The van der Waals surface area contributed by atoms with Gasteiger partial charge < -0.3 is 20.4 Å². The highest BCUT2D eigenvalue weighted by molar-refractivity contribution is 7.10. The van der Waals surface area contributed by atoms with Crippen LogP contribution < -0.4 is 20.4 Å². The van der Waals surface area contributed by atoms with Crippen LogP contribution in [0.2, 0.25) is 0 Å². The van der Waals surface area contributed by atoms with Crippen molar-refractivity contribution < 1.29 is 14.6 Å². The third kappa shape index (κ3) is 4.84. The monoisotopic (exact) mass is 374 g/mol. The van der Waals surface area contributed by atoms with E-state index in [1.54, 1.807) is 21.1 Å². The van der Waals surface area contributed by atoms with Crippen molar-refractivity contribution in [3.05, 3.63) is 52.2 Å². The van der Waals surface area contributed by atoms with E-state index < -0.39 is 0 Å². The first-order valence-electron chi connectivity index (χ1n) is 9.36. The summed E-state index contributed by atoms with van der Waals surface area (Å²) < 4.78 is 0. The molecule has 26 heavy (non-hydrogen) atoms. The number of thiophene rings is 1. The molecule has 2 aromatic rings. The van der Waals surface area contributed by atoms with E-state index in [0.717, 1.165) is 24.3 Å². The Balaban J connectivity index is 1.67. The first-order chi connectivity index (χ1) is 12.5. The molecule has 3 rings (SSSR count). The number of carbonyl (C=O) groups excluding carboxylic acids is 1. The van der Waals surface area contributed by atoms with Crippen molar-refractivity contribution in [3.8, 4) is 0 Å². The van der Waals surface area contributed by atoms with Crippen LogP contribution in [0.25, 0.3) is 0 Å². The lowest BCUT2D eigenvalue weighted by Crippen LogP contribution is -3.27. The third-order valence-corrected chi connectivity index (χ3v) is 6.13. The number of benzene rings is 1. The van der Waals surface area contributed by atoms with Crippen molar-refractivity contribution in [2.75, 3.05) is 38.5 Å². The van der Waals surface area contributed by atoms with E-state index in [1.807, 2.05) is 31.2 Å². The molecule has 2 atom stereocenters.